The highest BCUT2D eigenvalue weighted by atomic mass is 16.5. The Labute approximate surface area is 115 Å². The van der Waals surface area contributed by atoms with E-state index in [1.165, 1.54) is 0 Å². The van der Waals surface area contributed by atoms with Crippen molar-refractivity contribution in [3.05, 3.63) is 0 Å². The van der Waals surface area contributed by atoms with Gasteiger partial charge in [-0.15, -0.1) is 0 Å². The van der Waals surface area contributed by atoms with Gasteiger partial charge in [-0.1, -0.05) is 0 Å². The number of hydrogen-bond acceptors (Lipinski definition) is 4. The highest BCUT2D eigenvalue weighted by molar-refractivity contribution is 5.78. The fourth-order valence-corrected chi connectivity index (χ4v) is 2.59. The normalized spacial score (nSPS) is 39.9. The lowest BCUT2D eigenvalue weighted by molar-refractivity contribution is -0.140. The largest absolute Gasteiger partial charge is 0.378 e. The summed E-state index contributed by atoms with van der Waals surface area (Å²) in [5.41, 5.74) is 5.01. The van der Waals surface area contributed by atoms with Crippen LogP contribution in [0.1, 0.15) is 39.5 Å². The van der Waals surface area contributed by atoms with Crippen LogP contribution in [0.3, 0.4) is 0 Å². The number of hydrogen-bond donors (Lipinski definition) is 1. The smallest absolute Gasteiger partial charge is 0.220 e. The molecule has 0 radical (unpaired) electrons. The fourth-order valence-electron chi connectivity index (χ4n) is 2.59. The molecule has 2 rings (SSSR count). The van der Waals surface area contributed by atoms with Crippen LogP contribution < -0.4 is 5.73 Å². The topological polar surface area (TPSA) is 85.3 Å². The van der Waals surface area contributed by atoms with Crippen LogP contribution in [0, 0.1) is 23.2 Å². The summed E-state index contributed by atoms with van der Waals surface area (Å²) in [5.74, 6) is 0.0921. The van der Waals surface area contributed by atoms with Crippen molar-refractivity contribution in [1.82, 2.24) is 0 Å². The monoisotopic (exact) mass is 268 g/mol. The first-order chi connectivity index (χ1) is 8.77. The van der Waals surface area contributed by atoms with Crippen molar-refractivity contribution in [3.63, 3.8) is 0 Å². The van der Waals surface area contributed by atoms with Gasteiger partial charge >= 0.3 is 0 Å². The Bertz CT molecular complexity index is 363. The lowest BCUT2D eigenvalue weighted by Gasteiger charge is -2.42. The molecule has 5 heteroatoms. The third-order valence-electron chi connectivity index (χ3n) is 4.28. The van der Waals surface area contributed by atoms with Gasteiger partial charge in [-0.2, -0.15) is 5.26 Å². The highest BCUT2D eigenvalue weighted by Crippen LogP contribution is 2.40. The van der Waals surface area contributed by atoms with Gasteiger partial charge in [0.2, 0.25) is 5.91 Å². The minimum absolute atomic E-state index is 0.0143. The number of amides is 1. The summed E-state index contributed by atoms with van der Waals surface area (Å²) < 4.78 is 10.3. The Balaban J connectivity index is 0.000000191. The maximum atomic E-state index is 10.6. The molecule has 0 atom stereocenters. The summed E-state index contributed by atoms with van der Waals surface area (Å²) >= 11 is 0. The van der Waals surface area contributed by atoms with Crippen LogP contribution in [-0.2, 0) is 14.3 Å². The molecule has 5 nitrogen and oxygen atoms in total. The Morgan fingerprint density at radius 1 is 1.16 bits per heavy atom. The van der Waals surface area contributed by atoms with Crippen LogP contribution in [0.15, 0.2) is 0 Å². The molecule has 2 N–H and O–H groups in total. The molecule has 2 aliphatic rings. The number of ether oxygens (including phenoxy) is 2. The first-order valence-corrected chi connectivity index (χ1v) is 6.57. The van der Waals surface area contributed by atoms with E-state index < -0.39 is 0 Å². The molecule has 108 valence electrons. The molecule has 0 heterocycles. The fraction of sp³-hybridized carbons (Fsp3) is 0.857. The minimum atomic E-state index is -0.200. The van der Waals surface area contributed by atoms with E-state index in [2.05, 4.69) is 6.07 Å². The van der Waals surface area contributed by atoms with Crippen LogP contribution >= 0.6 is 0 Å². The van der Waals surface area contributed by atoms with Crippen LogP contribution in [0.5, 0.6) is 0 Å². The van der Waals surface area contributed by atoms with Crippen LogP contribution in [0.25, 0.3) is 0 Å². The van der Waals surface area contributed by atoms with Crippen molar-refractivity contribution in [2.75, 3.05) is 14.2 Å². The van der Waals surface area contributed by atoms with E-state index >= 15 is 0 Å². The number of nitrogens with two attached hydrogens (primary N) is 1. The van der Waals surface area contributed by atoms with E-state index in [4.69, 9.17) is 20.5 Å². The molecule has 0 aromatic carbocycles. The molecule has 1 amide bonds. The summed E-state index contributed by atoms with van der Waals surface area (Å²) in [6.07, 6.45) is 3.36. The Hall–Kier alpha value is -1.12. The average molecular weight is 268 g/mol. The SMILES string of the molecule is COC1(C)CC(C#N)C1.COC1(C)CC(C(N)=O)C1. The molecule has 0 aliphatic heterocycles. The molecule has 19 heavy (non-hydrogen) atoms. The van der Waals surface area contributed by atoms with Crippen molar-refractivity contribution in [1.29, 1.82) is 5.26 Å². The molecular formula is C14H24N2O3. The maximum absolute atomic E-state index is 10.6. The standard InChI is InChI=1S/C7H13NO2.C7H11NO/c1-7(10-2)3-5(4-7)6(8)9;1-7(9-2)3-6(4-7)5-8/h5H,3-4H2,1-2H3,(H2,8,9);6H,3-4H2,1-2H3. The van der Waals surface area contributed by atoms with Gasteiger partial charge in [-0.3, -0.25) is 4.79 Å². The lowest BCUT2D eigenvalue weighted by atomic mass is 9.71. The van der Waals surface area contributed by atoms with E-state index in [0.29, 0.717) is 0 Å². The number of nitriles is 1. The maximum Gasteiger partial charge on any atom is 0.220 e. The van der Waals surface area contributed by atoms with Gasteiger partial charge in [0.1, 0.15) is 0 Å². The van der Waals surface area contributed by atoms with Crippen molar-refractivity contribution < 1.29 is 14.3 Å². The Morgan fingerprint density at radius 3 is 1.89 bits per heavy atom. The molecular weight excluding hydrogens is 244 g/mol. The number of carbonyl (C=O) groups is 1. The molecule has 0 spiro atoms. The summed E-state index contributed by atoms with van der Waals surface area (Å²) in [4.78, 5) is 10.6. The van der Waals surface area contributed by atoms with Gasteiger partial charge in [0.25, 0.3) is 0 Å². The number of methoxy groups -OCH3 is 2. The summed E-state index contributed by atoms with van der Waals surface area (Å²) in [5, 5.41) is 8.41. The molecule has 0 aromatic heterocycles. The van der Waals surface area contributed by atoms with Crippen LogP contribution in [0.4, 0.5) is 0 Å². The third kappa shape index (κ3) is 3.92. The Morgan fingerprint density at radius 2 is 1.58 bits per heavy atom. The number of carbonyl (C=O) groups excluding carboxylic acids is 1. The van der Waals surface area contributed by atoms with Gasteiger partial charge < -0.3 is 15.2 Å². The second-order valence-corrected chi connectivity index (χ2v) is 6.05. The first kappa shape index (κ1) is 15.9. The number of rotatable bonds is 3. The lowest BCUT2D eigenvalue weighted by Crippen LogP contribution is -2.47. The van der Waals surface area contributed by atoms with Gasteiger partial charge in [-0.25, -0.2) is 0 Å². The quantitative estimate of drug-likeness (QED) is 0.842. The minimum Gasteiger partial charge on any atom is -0.378 e. The zero-order chi connectivity index (χ0) is 14.7. The predicted octanol–water partition coefficient (Wildman–Crippen LogP) is 1.61. The number of nitrogens with zero attached hydrogens (tertiary/aromatic N) is 1. The summed E-state index contributed by atoms with van der Waals surface area (Å²) in [7, 11) is 3.37. The Kier molecular flexibility index (Phi) is 4.94. The van der Waals surface area contributed by atoms with Crippen molar-refractivity contribution in [2.45, 2.75) is 50.7 Å². The number of primary amides is 1. The summed E-state index contributed by atoms with van der Waals surface area (Å²) in [6, 6.07) is 2.21. The molecule has 2 fully saturated rings. The van der Waals surface area contributed by atoms with Crippen molar-refractivity contribution >= 4 is 5.91 Å². The zero-order valence-corrected chi connectivity index (χ0v) is 12.2. The molecule has 2 saturated carbocycles. The van der Waals surface area contributed by atoms with Crippen molar-refractivity contribution in [2.24, 2.45) is 17.6 Å². The summed E-state index contributed by atoms with van der Waals surface area (Å²) in [6.45, 7) is 4.04. The van der Waals surface area contributed by atoms with Gasteiger partial charge in [-0.05, 0) is 39.5 Å². The van der Waals surface area contributed by atoms with Gasteiger partial charge in [0.15, 0.2) is 0 Å². The molecule has 2 aliphatic carbocycles. The van der Waals surface area contributed by atoms with Crippen LogP contribution in [0.2, 0.25) is 0 Å². The van der Waals surface area contributed by atoms with E-state index in [1.54, 1.807) is 14.2 Å². The van der Waals surface area contributed by atoms with Crippen LogP contribution in [-0.4, -0.2) is 31.3 Å². The van der Waals surface area contributed by atoms with E-state index in [0.717, 1.165) is 25.7 Å². The van der Waals surface area contributed by atoms with E-state index in [1.807, 2.05) is 13.8 Å². The second kappa shape index (κ2) is 5.89. The predicted molar refractivity (Wildman–Crippen MR) is 71.1 cm³/mol. The molecule has 0 saturated heterocycles. The van der Waals surface area contributed by atoms with Crippen molar-refractivity contribution in [3.8, 4) is 6.07 Å². The van der Waals surface area contributed by atoms with E-state index in [-0.39, 0.29) is 28.9 Å². The third-order valence-corrected chi connectivity index (χ3v) is 4.28. The van der Waals surface area contributed by atoms with Gasteiger partial charge in [0, 0.05) is 20.1 Å². The van der Waals surface area contributed by atoms with E-state index in [9.17, 15) is 4.79 Å². The molecule has 0 unspecified atom stereocenters. The second-order valence-electron chi connectivity index (χ2n) is 6.05. The zero-order valence-electron chi connectivity index (χ0n) is 12.2. The molecule has 0 aromatic rings. The van der Waals surface area contributed by atoms with Gasteiger partial charge in [0.05, 0.1) is 23.2 Å². The molecule has 0 bridgehead atoms. The average Bonchev–Trinajstić information content (AvgIpc) is 2.31. The highest BCUT2D eigenvalue weighted by Gasteiger charge is 2.43. The first-order valence-electron chi connectivity index (χ1n) is 6.57.